The van der Waals surface area contributed by atoms with Gasteiger partial charge in [-0.05, 0) is 35.0 Å². The molecule has 0 aliphatic carbocycles. The molecule has 94 valence electrons. The molecule has 0 spiro atoms. The van der Waals surface area contributed by atoms with Crippen LogP contribution >= 0.6 is 15.9 Å². The highest BCUT2D eigenvalue weighted by Crippen LogP contribution is 2.26. The number of halogens is 2. The van der Waals surface area contributed by atoms with Gasteiger partial charge in [-0.2, -0.15) is 4.98 Å². The van der Waals surface area contributed by atoms with Gasteiger partial charge in [-0.3, -0.25) is 0 Å². The number of anilines is 1. The standard InChI is InChI=1S/C12H11BrFN3O/c1-7-6-16-12(15-2)17-11(7)18-8-3-4-9(13)10(14)5-8/h3-6H,1-2H3,(H,15,16,17). The van der Waals surface area contributed by atoms with Gasteiger partial charge in [0.15, 0.2) is 0 Å². The van der Waals surface area contributed by atoms with E-state index in [9.17, 15) is 4.39 Å². The maximum Gasteiger partial charge on any atom is 0.226 e. The van der Waals surface area contributed by atoms with Crippen LogP contribution in [0.3, 0.4) is 0 Å². The average Bonchev–Trinajstić information content (AvgIpc) is 2.36. The summed E-state index contributed by atoms with van der Waals surface area (Å²) in [4.78, 5) is 8.21. The quantitative estimate of drug-likeness (QED) is 0.942. The molecule has 2 aromatic rings. The summed E-state index contributed by atoms with van der Waals surface area (Å²) in [6.45, 7) is 1.82. The van der Waals surface area contributed by atoms with Crippen molar-refractivity contribution in [2.75, 3.05) is 12.4 Å². The van der Waals surface area contributed by atoms with Crippen molar-refractivity contribution in [3.63, 3.8) is 0 Å². The molecule has 0 unspecified atom stereocenters. The maximum atomic E-state index is 13.4. The Labute approximate surface area is 112 Å². The molecule has 2 rings (SSSR count). The van der Waals surface area contributed by atoms with Crippen molar-refractivity contribution < 1.29 is 9.13 Å². The average molecular weight is 312 g/mol. The molecule has 1 heterocycles. The van der Waals surface area contributed by atoms with Gasteiger partial charge in [0.05, 0.1) is 4.47 Å². The third kappa shape index (κ3) is 2.76. The molecule has 0 bridgehead atoms. The zero-order valence-corrected chi connectivity index (χ0v) is 11.5. The third-order valence-electron chi connectivity index (χ3n) is 2.25. The summed E-state index contributed by atoms with van der Waals surface area (Å²) in [5, 5.41) is 2.82. The molecule has 0 aliphatic rings. The van der Waals surface area contributed by atoms with E-state index in [-0.39, 0.29) is 5.82 Å². The number of hydrogen-bond donors (Lipinski definition) is 1. The SMILES string of the molecule is CNc1ncc(C)c(Oc2ccc(Br)c(F)c2)n1. The maximum absolute atomic E-state index is 13.4. The van der Waals surface area contributed by atoms with Crippen molar-refractivity contribution in [1.82, 2.24) is 9.97 Å². The van der Waals surface area contributed by atoms with Crippen LogP contribution in [0.1, 0.15) is 5.56 Å². The van der Waals surface area contributed by atoms with Gasteiger partial charge in [0.1, 0.15) is 11.6 Å². The Morgan fingerprint density at radius 1 is 1.39 bits per heavy atom. The fourth-order valence-corrected chi connectivity index (χ4v) is 1.55. The number of aromatic nitrogens is 2. The second-order valence-corrected chi connectivity index (χ2v) is 4.46. The molecule has 6 heteroatoms. The first-order valence-electron chi connectivity index (χ1n) is 5.24. The first-order chi connectivity index (χ1) is 8.60. The van der Waals surface area contributed by atoms with E-state index in [4.69, 9.17) is 4.74 Å². The topological polar surface area (TPSA) is 47.0 Å². The molecule has 0 radical (unpaired) electrons. The van der Waals surface area contributed by atoms with Crippen LogP contribution in [-0.2, 0) is 0 Å². The number of nitrogens with zero attached hydrogens (tertiary/aromatic N) is 2. The Balaban J connectivity index is 2.30. The summed E-state index contributed by atoms with van der Waals surface area (Å²) in [5.74, 6) is 0.858. The predicted molar refractivity (Wildman–Crippen MR) is 70.5 cm³/mol. The van der Waals surface area contributed by atoms with Gasteiger partial charge in [-0.15, -0.1) is 0 Å². The van der Waals surface area contributed by atoms with E-state index in [1.165, 1.54) is 6.07 Å². The number of rotatable bonds is 3. The highest BCUT2D eigenvalue weighted by molar-refractivity contribution is 9.10. The van der Waals surface area contributed by atoms with E-state index in [0.717, 1.165) is 5.56 Å². The van der Waals surface area contributed by atoms with Crippen LogP contribution in [0.25, 0.3) is 0 Å². The molecular weight excluding hydrogens is 301 g/mol. The fraction of sp³-hybridized carbons (Fsp3) is 0.167. The highest BCUT2D eigenvalue weighted by atomic mass is 79.9. The normalized spacial score (nSPS) is 10.2. The Bertz CT molecular complexity index is 577. The summed E-state index contributed by atoms with van der Waals surface area (Å²) >= 11 is 3.09. The third-order valence-corrected chi connectivity index (χ3v) is 2.90. The Hall–Kier alpha value is -1.69. The lowest BCUT2D eigenvalue weighted by molar-refractivity contribution is 0.453. The Kier molecular flexibility index (Phi) is 3.76. The zero-order chi connectivity index (χ0) is 13.1. The lowest BCUT2D eigenvalue weighted by Gasteiger charge is -2.09. The minimum Gasteiger partial charge on any atom is -0.438 e. The van der Waals surface area contributed by atoms with Crippen molar-refractivity contribution in [3.8, 4) is 11.6 Å². The minimum absolute atomic E-state index is 0.381. The summed E-state index contributed by atoms with van der Waals surface area (Å²) in [7, 11) is 1.72. The smallest absolute Gasteiger partial charge is 0.226 e. The van der Waals surface area contributed by atoms with Crippen LogP contribution in [0.15, 0.2) is 28.9 Å². The lowest BCUT2D eigenvalue weighted by atomic mass is 10.3. The molecule has 1 N–H and O–H groups in total. The van der Waals surface area contributed by atoms with Crippen LogP contribution in [-0.4, -0.2) is 17.0 Å². The van der Waals surface area contributed by atoms with Crippen LogP contribution in [0, 0.1) is 12.7 Å². The molecule has 4 nitrogen and oxygen atoms in total. The van der Waals surface area contributed by atoms with E-state index < -0.39 is 0 Å². The molecule has 1 aromatic carbocycles. The number of hydrogen-bond acceptors (Lipinski definition) is 4. The van der Waals surface area contributed by atoms with Crippen molar-refractivity contribution in [2.24, 2.45) is 0 Å². The molecule has 0 saturated carbocycles. The van der Waals surface area contributed by atoms with Crippen molar-refractivity contribution in [1.29, 1.82) is 0 Å². The van der Waals surface area contributed by atoms with Crippen molar-refractivity contribution in [2.45, 2.75) is 6.92 Å². The molecule has 0 atom stereocenters. The molecular formula is C12H11BrFN3O. The number of ether oxygens (including phenoxy) is 1. The second-order valence-electron chi connectivity index (χ2n) is 3.61. The van der Waals surface area contributed by atoms with Crippen molar-refractivity contribution >= 4 is 21.9 Å². The zero-order valence-electron chi connectivity index (χ0n) is 9.87. The van der Waals surface area contributed by atoms with Crippen LogP contribution in [0.4, 0.5) is 10.3 Å². The summed E-state index contributed by atoms with van der Waals surface area (Å²) < 4.78 is 19.3. The predicted octanol–water partition coefficient (Wildman–Crippen LogP) is 3.52. The van der Waals surface area contributed by atoms with Crippen LogP contribution in [0.5, 0.6) is 11.6 Å². The summed E-state index contributed by atoms with van der Waals surface area (Å²) in [6.07, 6.45) is 1.64. The first-order valence-corrected chi connectivity index (χ1v) is 6.03. The molecule has 0 amide bonds. The van der Waals surface area contributed by atoms with E-state index in [0.29, 0.717) is 22.1 Å². The monoisotopic (exact) mass is 311 g/mol. The van der Waals surface area contributed by atoms with E-state index in [1.54, 1.807) is 25.4 Å². The van der Waals surface area contributed by atoms with Gasteiger partial charge >= 0.3 is 0 Å². The van der Waals surface area contributed by atoms with Gasteiger partial charge in [0.2, 0.25) is 11.8 Å². The first kappa shape index (κ1) is 12.8. The summed E-state index contributed by atoms with van der Waals surface area (Å²) in [5.41, 5.74) is 0.775. The summed E-state index contributed by atoms with van der Waals surface area (Å²) in [6, 6.07) is 4.54. The second kappa shape index (κ2) is 5.30. The number of nitrogens with one attached hydrogen (secondary N) is 1. The minimum atomic E-state index is -0.381. The molecule has 0 saturated heterocycles. The van der Waals surface area contributed by atoms with E-state index >= 15 is 0 Å². The molecule has 0 fully saturated rings. The molecule has 18 heavy (non-hydrogen) atoms. The lowest BCUT2D eigenvalue weighted by Crippen LogP contribution is -1.99. The number of aryl methyl sites for hydroxylation is 1. The van der Waals surface area contributed by atoms with E-state index in [2.05, 4.69) is 31.2 Å². The molecule has 1 aromatic heterocycles. The van der Waals surface area contributed by atoms with Gasteiger partial charge in [0.25, 0.3) is 0 Å². The van der Waals surface area contributed by atoms with Gasteiger partial charge in [-0.1, -0.05) is 0 Å². The Morgan fingerprint density at radius 3 is 2.83 bits per heavy atom. The van der Waals surface area contributed by atoms with Gasteiger partial charge < -0.3 is 10.1 Å². The molecule has 0 aliphatic heterocycles. The highest BCUT2D eigenvalue weighted by Gasteiger charge is 2.07. The number of benzene rings is 1. The van der Waals surface area contributed by atoms with Crippen LogP contribution < -0.4 is 10.1 Å². The van der Waals surface area contributed by atoms with Crippen LogP contribution in [0.2, 0.25) is 0 Å². The fourth-order valence-electron chi connectivity index (χ4n) is 1.30. The van der Waals surface area contributed by atoms with Crippen molar-refractivity contribution in [3.05, 3.63) is 40.2 Å². The van der Waals surface area contributed by atoms with E-state index in [1.807, 2.05) is 6.92 Å². The van der Waals surface area contributed by atoms with Gasteiger partial charge in [-0.25, -0.2) is 9.37 Å². The van der Waals surface area contributed by atoms with Gasteiger partial charge in [0, 0.05) is 24.9 Å². The Morgan fingerprint density at radius 2 is 2.17 bits per heavy atom. The largest absolute Gasteiger partial charge is 0.438 e.